The van der Waals surface area contributed by atoms with Crippen molar-refractivity contribution >= 4 is 15.9 Å². The molecule has 1 fully saturated rings. The maximum absolute atomic E-state index is 11.6. The Hall–Kier alpha value is -2.88. The van der Waals surface area contributed by atoms with Crippen LogP contribution in [0.2, 0.25) is 0 Å². The van der Waals surface area contributed by atoms with Gasteiger partial charge in [-0.1, -0.05) is 19.0 Å². The second kappa shape index (κ2) is 8.10. The zero-order valence-corrected chi connectivity index (χ0v) is 18.0. The van der Waals surface area contributed by atoms with E-state index in [-0.39, 0.29) is 16.9 Å². The summed E-state index contributed by atoms with van der Waals surface area (Å²) in [4.78, 5) is 6.85. The Kier molecular flexibility index (Phi) is 5.50. The average Bonchev–Trinajstić information content (AvgIpc) is 3.38. The average molecular weight is 432 g/mol. The molecule has 30 heavy (non-hydrogen) atoms. The lowest BCUT2D eigenvalue weighted by molar-refractivity contribution is 0.340. The molecule has 1 saturated heterocycles. The SMILES string of the molecule is CC(C)c1noc(N2CCC(n3cc(Oc4ccc(S(C)(=O)=O)cc4)cn3)CC2)n1. The van der Waals surface area contributed by atoms with E-state index in [0.717, 1.165) is 31.8 Å². The summed E-state index contributed by atoms with van der Waals surface area (Å²) < 4.78 is 36.2. The van der Waals surface area contributed by atoms with Crippen molar-refractivity contribution in [2.24, 2.45) is 0 Å². The van der Waals surface area contributed by atoms with Crippen LogP contribution < -0.4 is 9.64 Å². The predicted molar refractivity (Wildman–Crippen MR) is 111 cm³/mol. The number of piperidine rings is 1. The van der Waals surface area contributed by atoms with Crippen LogP contribution in [0.3, 0.4) is 0 Å². The normalized spacial score (nSPS) is 15.7. The van der Waals surface area contributed by atoms with Gasteiger partial charge in [0, 0.05) is 25.3 Å². The molecular weight excluding hydrogens is 406 g/mol. The van der Waals surface area contributed by atoms with E-state index in [0.29, 0.717) is 17.5 Å². The second-order valence-corrected chi connectivity index (χ2v) is 9.83. The summed E-state index contributed by atoms with van der Waals surface area (Å²) in [7, 11) is -3.22. The molecule has 10 heteroatoms. The van der Waals surface area contributed by atoms with Crippen molar-refractivity contribution in [1.82, 2.24) is 19.9 Å². The van der Waals surface area contributed by atoms with E-state index in [1.54, 1.807) is 18.3 Å². The monoisotopic (exact) mass is 431 g/mol. The zero-order valence-electron chi connectivity index (χ0n) is 17.2. The highest BCUT2D eigenvalue weighted by molar-refractivity contribution is 7.90. The number of hydrogen-bond acceptors (Lipinski definition) is 8. The fourth-order valence-electron chi connectivity index (χ4n) is 3.38. The number of ether oxygens (including phenoxy) is 1. The molecule has 3 heterocycles. The third-order valence-corrected chi connectivity index (χ3v) is 6.25. The van der Waals surface area contributed by atoms with Crippen molar-refractivity contribution in [2.75, 3.05) is 24.2 Å². The van der Waals surface area contributed by atoms with Crippen LogP contribution in [0.5, 0.6) is 11.5 Å². The van der Waals surface area contributed by atoms with Gasteiger partial charge in [-0.3, -0.25) is 4.68 Å². The minimum Gasteiger partial charge on any atom is -0.454 e. The smallest absolute Gasteiger partial charge is 0.324 e. The first-order chi connectivity index (χ1) is 14.3. The van der Waals surface area contributed by atoms with E-state index in [1.165, 1.54) is 18.4 Å². The number of nitrogens with zero attached hydrogens (tertiary/aromatic N) is 5. The highest BCUT2D eigenvalue weighted by Gasteiger charge is 2.25. The Morgan fingerprint density at radius 3 is 2.43 bits per heavy atom. The maximum Gasteiger partial charge on any atom is 0.324 e. The van der Waals surface area contributed by atoms with Gasteiger partial charge in [0.1, 0.15) is 5.75 Å². The summed E-state index contributed by atoms with van der Waals surface area (Å²) in [6.07, 6.45) is 6.53. The number of benzene rings is 1. The standard InChI is InChI=1S/C20H25N5O4S/c1-14(2)19-22-20(29-23-19)24-10-8-15(9-11-24)25-13-17(12-21-25)28-16-4-6-18(7-5-16)30(3,26)27/h4-7,12-15H,8-11H2,1-3H3. The van der Waals surface area contributed by atoms with Crippen LogP contribution in [0.1, 0.15) is 44.5 Å². The Balaban J connectivity index is 1.35. The van der Waals surface area contributed by atoms with Gasteiger partial charge in [-0.2, -0.15) is 10.1 Å². The number of aromatic nitrogens is 4. The molecule has 0 atom stereocenters. The van der Waals surface area contributed by atoms with Crippen LogP contribution in [-0.4, -0.2) is 47.7 Å². The summed E-state index contributed by atoms with van der Waals surface area (Å²) in [5.41, 5.74) is 0. The molecule has 9 nitrogen and oxygen atoms in total. The number of rotatable bonds is 6. The molecule has 2 aromatic heterocycles. The lowest BCUT2D eigenvalue weighted by atomic mass is 10.1. The topological polar surface area (TPSA) is 103 Å². The Labute approximate surface area is 175 Å². The van der Waals surface area contributed by atoms with Crippen LogP contribution in [0.4, 0.5) is 6.01 Å². The van der Waals surface area contributed by atoms with E-state index >= 15 is 0 Å². The first-order valence-electron chi connectivity index (χ1n) is 9.90. The summed E-state index contributed by atoms with van der Waals surface area (Å²) in [6.45, 7) is 5.71. The summed E-state index contributed by atoms with van der Waals surface area (Å²) in [6, 6.07) is 7.20. The third-order valence-electron chi connectivity index (χ3n) is 5.12. The quantitative estimate of drug-likeness (QED) is 0.585. The van der Waals surface area contributed by atoms with Crippen LogP contribution in [0.25, 0.3) is 0 Å². The van der Waals surface area contributed by atoms with Crippen LogP contribution in [-0.2, 0) is 9.84 Å². The summed E-state index contributed by atoms with van der Waals surface area (Å²) in [5.74, 6) is 2.15. The van der Waals surface area contributed by atoms with Crippen molar-refractivity contribution in [3.8, 4) is 11.5 Å². The maximum atomic E-state index is 11.6. The first kappa shape index (κ1) is 20.4. The van der Waals surface area contributed by atoms with Crippen molar-refractivity contribution < 1.29 is 17.7 Å². The molecule has 160 valence electrons. The van der Waals surface area contributed by atoms with Crippen LogP contribution in [0.15, 0.2) is 46.1 Å². The third kappa shape index (κ3) is 4.48. The van der Waals surface area contributed by atoms with Gasteiger partial charge in [-0.25, -0.2) is 8.42 Å². The lowest BCUT2D eigenvalue weighted by Crippen LogP contribution is -2.35. The molecule has 1 aromatic carbocycles. The van der Waals surface area contributed by atoms with Gasteiger partial charge in [-0.15, -0.1) is 0 Å². The van der Waals surface area contributed by atoms with Crippen molar-refractivity contribution in [1.29, 1.82) is 0 Å². The van der Waals surface area contributed by atoms with Gasteiger partial charge < -0.3 is 14.2 Å². The Morgan fingerprint density at radius 2 is 1.83 bits per heavy atom. The molecule has 0 aliphatic carbocycles. The molecule has 0 unspecified atom stereocenters. The highest BCUT2D eigenvalue weighted by Crippen LogP contribution is 2.28. The Morgan fingerprint density at radius 1 is 1.13 bits per heavy atom. The molecule has 0 bridgehead atoms. The van der Waals surface area contributed by atoms with Crippen molar-refractivity contribution in [2.45, 2.75) is 43.5 Å². The van der Waals surface area contributed by atoms with E-state index in [9.17, 15) is 8.42 Å². The first-order valence-corrected chi connectivity index (χ1v) is 11.8. The van der Waals surface area contributed by atoms with E-state index in [2.05, 4.69) is 20.1 Å². The summed E-state index contributed by atoms with van der Waals surface area (Å²) in [5, 5.41) is 8.48. The fourth-order valence-corrected chi connectivity index (χ4v) is 4.01. The largest absolute Gasteiger partial charge is 0.454 e. The number of anilines is 1. The molecule has 0 saturated carbocycles. The van der Waals surface area contributed by atoms with E-state index < -0.39 is 9.84 Å². The molecular formula is C20H25N5O4S. The van der Waals surface area contributed by atoms with Crippen molar-refractivity contribution in [3.63, 3.8) is 0 Å². The van der Waals surface area contributed by atoms with Crippen molar-refractivity contribution in [3.05, 3.63) is 42.5 Å². The summed E-state index contributed by atoms with van der Waals surface area (Å²) >= 11 is 0. The fraction of sp³-hybridized carbons (Fsp3) is 0.450. The molecule has 1 aliphatic heterocycles. The van der Waals surface area contributed by atoms with Gasteiger partial charge in [0.2, 0.25) is 0 Å². The molecule has 3 aromatic rings. The van der Waals surface area contributed by atoms with Gasteiger partial charge in [0.15, 0.2) is 21.4 Å². The minimum atomic E-state index is -3.22. The molecule has 0 amide bonds. The van der Waals surface area contributed by atoms with E-state index in [1.807, 2.05) is 24.7 Å². The Bertz CT molecular complexity index is 1100. The lowest BCUT2D eigenvalue weighted by Gasteiger charge is -2.30. The molecule has 0 N–H and O–H groups in total. The van der Waals surface area contributed by atoms with Gasteiger partial charge in [0.05, 0.1) is 23.3 Å². The van der Waals surface area contributed by atoms with Crippen LogP contribution in [0, 0.1) is 0 Å². The predicted octanol–water partition coefficient (Wildman–Crippen LogP) is 3.43. The molecule has 1 aliphatic rings. The van der Waals surface area contributed by atoms with Gasteiger partial charge >= 0.3 is 6.01 Å². The number of hydrogen-bond donors (Lipinski definition) is 0. The highest BCUT2D eigenvalue weighted by atomic mass is 32.2. The van der Waals surface area contributed by atoms with Gasteiger partial charge in [0.25, 0.3) is 0 Å². The van der Waals surface area contributed by atoms with Crippen LogP contribution >= 0.6 is 0 Å². The van der Waals surface area contributed by atoms with E-state index in [4.69, 9.17) is 9.26 Å². The zero-order chi connectivity index (χ0) is 21.3. The molecule has 0 radical (unpaired) electrons. The molecule has 0 spiro atoms. The van der Waals surface area contributed by atoms with Gasteiger partial charge in [-0.05, 0) is 37.1 Å². The minimum absolute atomic E-state index is 0.241. The molecule has 4 rings (SSSR count). The second-order valence-electron chi connectivity index (χ2n) is 7.81. The number of sulfone groups is 1.